The molecule has 1 fully saturated rings. The molecular weight excluding hydrogens is 382 g/mol. The van der Waals surface area contributed by atoms with E-state index in [1.165, 1.54) is 16.3 Å². The molecule has 0 saturated carbocycles. The molecule has 0 bridgehead atoms. The van der Waals surface area contributed by atoms with Gasteiger partial charge in [0.25, 0.3) is 5.91 Å². The second-order valence-electron chi connectivity index (χ2n) is 7.39. The van der Waals surface area contributed by atoms with E-state index in [0.717, 1.165) is 32.0 Å². The SMILES string of the molecule is Cc1ccc(C)n1-c1ccc(C(=O)NC[C@@H](c2cccs2)N2CCOCC2)cc1. The van der Waals surface area contributed by atoms with Crippen LogP contribution >= 0.6 is 11.3 Å². The van der Waals surface area contributed by atoms with Gasteiger partial charge in [0, 0.05) is 47.2 Å². The summed E-state index contributed by atoms with van der Waals surface area (Å²) in [6, 6.07) is 16.4. The van der Waals surface area contributed by atoms with Crippen LogP contribution in [0.2, 0.25) is 0 Å². The number of carbonyl (C=O) groups is 1. The molecule has 3 heterocycles. The van der Waals surface area contributed by atoms with Gasteiger partial charge in [-0.1, -0.05) is 6.07 Å². The van der Waals surface area contributed by atoms with Gasteiger partial charge < -0.3 is 14.6 Å². The Balaban J connectivity index is 1.44. The van der Waals surface area contributed by atoms with E-state index < -0.39 is 0 Å². The van der Waals surface area contributed by atoms with Gasteiger partial charge in [-0.05, 0) is 61.7 Å². The molecular formula is C23H27N3O2S. The van der Waals surface area contributed by atoms with Crippen molar-refractivity contribution in [3.05, 3.63) is 75.7 Å². The van der Waals surface area contributed by atoms with E-state index in [1.54, 1.807) is 11.3 Å². The van der Waals surface area contributed by atoms with Gasteiger partial charge >= 0.3 is 0 Å². The Labute approximate surface area is 175 Å². The molecule has 1 saturated heterocycles. The van der Waals surface area contributed by atoms with E-state index in [2.05, 4.69) is 58.3 Å². The molecule has 1 N–H and O–H groups in total. The molecule has 1 atom stereocenters. The minimum atomic E-state index is -0.0349. The Kier molecular flexibility index (Phi) is 6.13. The monoisotopic (exact) mass is 409 g/mol. The Morgan fingerprint density at radius 1 is 1.07 bits per heavy atom. The van der Waals surface area contributed by atoms with Crippen molar-refractivity contribution in [3.8, 4) is 5.69 Å². The highest BCUT2D eigenvalue weighted by Crippen LogP contribution is 2.25. The summed E-state index contributed by atoms with van der Waals surface area (Å²) in [5.41, 5.74) is 4.13. The van der Waals surface area contributed by atoms with Gasteiger partial charge in [0.2, 0.25) is 0 Å². The molecule has 0 spiro atoms. The van der Waals surface area contributed by atoms with E-state index in [0.29, 0.717) is 12.1 Å². The maximum absolute atomic E-state index is 12.8. The predicted molar refractivity (Wildman–Crippen MR) is 117 cm³/mol. The second kappa shape index (κ2) is 8.95. The van der Waals surface area contributed by atoms with E-state index in [-0.39, 0.29) is 11.9 Å². The smallest absolute Gasteiger partial charge is 0.251 e. The van der Waals surface area contributed by atoms with E-state index in [9.17, 15) is 4.79 Å². The number of nitrogens with one attached hydrogen (secondary N) is 1. The molecule has 0 aliphatic carbocycles. The van der Waals surface area contributed by atoms with Gasteiger partial charge in [-0.2, -0.15) is 0 Å². The lowest BCUT2D eigenvalue weighted by molar-refractivity contribution is 0.0169. The molecule has 0 unspecified atom stereocenters. The Morgan fingerprint density at radius 3 is 2.38 bits per heavy atom. The lowest BCUT2D eigenvalue weighted by atomic mass is 10.1. The molecule has 1 aliphatic heterocycles. The van der Waals surface area contributed by atoms with Crippen molar-refractivity contribution in [2.45, 2.75) is 19.9 Å². The summed E-state index contributed by atoms with van der Waals surface area (Å²) in [5, 5.41) is 5.23. The number of amides is 1. The standard InChI is InChI=1S/C23H27N3O2S/c1-17-5-6-18(2)26(17)20-9-7-19(8-10-20)23(27)24-16-21(22-4-3-15-29-22)25-11-13-28-14-12-25/h3-10,15,21H,11-14,16H2,1-2H3,(H,24,27)/t21-/m0/s1. The lowest BCUT2D eigenvalue weighted by Crippen LogP contribution is -2.43. The number of carbonyl (C=O) groups excluding carboxylic acids is 1. The minimum absolute atomic E-state index is 0.0349. The van der Waals surface area contributed by atoms with Crippen molar-refractivity contribution in [3.63, 3.8) is 0 Å². The zero-order valence-electron chi connectivity index (χ0n) is 16.9. The van der Waals surface area contributed by atoms with E-state index in [1.807, 2.05) is 24.3 Å². The Hall–Kier alpha value is -2.41. The lowest BCUT2D eigenvalue weighted by Gasteiger charge is -2.34. The first-order valence-corrected chi connectivity index (χ1v) is 10.9. The minimum Gasteiger partial charge on any atom is -0.379 e. The van der Waals surface area contributed by atoms with Gasteiger partial charge in [0.05, 0.1) is 19.3 Å². The third-order valence-corrected chi connectivity index (χ3v) is 6.45. The first-order valence-electron chi connectivity index (χ1n) is 10.0. The average molecular weight is 410 g/mol. The number of rotatable bonds is 6. The summed E-state index contributed by atoms with van der Waals surface area (Å²) in [5.74, 6) is -0.0349. The normalized spacial score (nSPS) is 15.9. The first-order chi connectivity index (χ1) is 14.1. The third kappa shape index (κ3) is 4.45. The maximum atomic E-state index is 12.8. The highest BCUT2D eigenvalue weighted by molar-refractivity contribution is 7.10. The van der Waals surface area contributed by atoms with Crippen LogP contribution in [0.4, 0.5) is 0 Å². The zero-order chi connectivity index (χ0) is 20.2. The summed E-state index contributed by atoms with van der Waals surface area (Å²) >= 11 is 1.74. The van der Waals surface area contributed by atoms with Crippen LogP contribution in [0.5, 0.6) is 0 Å². The third-order valence-electron chi connectivity index (χ3n) is 5.47. The van der Waals surface area contributed by atoms with Gasteiger partial charge in [-0.25, -0.2) is 0 Å². The Bertz CT molecular complexity index is 922. The quantitative estimate of drug-likeness (QED) is 0.670. The number of nitrogens with zero attached hydrogens (tertiary/aromatic N) is 2. The summed E-state index contributed by atoms with van der Waals surface area (Å²) < 4.78 is 7.68. The number of hydrogen-bond acceptors (Lipinski definition) is 4. The van der Waals surface area contributed by atoms with Crippen LogP contribution in [0.25, 0.3) is 5.69 Å². The van der Waals surface area contributed by atoms with Crippen molar-refractivity contribution in [2.24, 2.45) is 0 Å². The largest absolute Gasteiger partial charge is 0.379 e. The molecule has 1 aromatic carbocycles. The predicted octanol–water partition coefficient (Wildman–Crippen LogP) is 3.96. The number of benzene rings is 1. The average Bonchev–Trinajstić information content (AvgIpc) is 3.39. The van der Waals surface area contributed by atoms with Crippen molar-refractivity contribution in [2.75, 3.05) is 32.8 Å². The van der Waals surface area contributed by atoms with Gasteiger partial charge in [-0.15, -0.1) is 11.3 Å². The fraction of sp³-hybridized carbons (Fsp3) is 0.348. The summed E-state index contributed by atoms with van der Waals surface area (Å²) in [6.45, 7) is 8.04. The summed E-state index contributed by atoms with van der Waals surface area (Å²) in [4.78, 5) is 16.5. The van der Waals surface area contributed by atoms with Crippen LogP contribution < -0.4 is 5.32 Å². The summed E-state index contributed by atoms with van der Waals surface area (Å²) in [7, 11) is 0. The number of ether oxygens (including phenoxy) is 1. The van der Waals surface area contributed by atoms with Crippen LogP contribution in [-0.4, -0.2) is 48.2 Å². The summed E-state index contributed by atoms with van der Waals surface area (Å²) in [6.07, 6.45) is 0. The molecule has 152 valence electrons. The van der Waals surface area contributed by atoms with Crippen molar-refractivity contribution < 1.29 is 9.53 Å². The first kappa shape index (κ1) is 19.9. The van der Waals surface area contributed by atoms with Crippen LogP contribution in [0, 0.1) is 13.8 Å². The molecule has 29 heavy (non-hydrogen) atoms. The van der Waals surface area contributed by atoms with Gasteiger partial charge in [-0.3, -0.25) is 9.69 Å². The zero-order valence-corrected chi connectivity index (χ0v) is 17.7. The highest BCUT2D eigenvalue weighted by Gasteiger charge is 2.24. The second-order valence-corrected chi connectivity index (χ2v) is 8.37. The van der Waals surface area contributed by atoms with Crippen LogP contribution in [0.3, 0.4) is 0 Å². The highest BCUT2D eigenvalue weighted by atomic mass is 32.1. The molecule has 5 nitrogen and oxygen atoms in total. The molecule has 0 radical (unpaired) electrons. The van der Waals surface area contributed by atoms with Crippen LogP contribution in [0.15, 0.2) is 53.9 Å². The molecule has 1 aliphatic rings. The molecule has 1 amide bonds. The number of hydrogen-bond donors (Lipinski definition) is 1. The topological polar surface area (TPSA) is 46.5 Å². The fourth-order valence-electron chi connectivity index (χ4n) is 3.91. The number of thiophene rings is 1. The van der Waals surface area contributed by atoms with E-state index >= 15 is 0 Å². The Morgan fingerprint density at radius 2 is 1.76 bits per heavy atom. The molecule has 6 heteroatoms. The van der Waals surface area contributed by atoms with E-state index in [4.69, 9.17) is 4.74 Å². The van der Waals surface area contributed by atoms with Gasteiger partial charge in [0.1, 0.15) is 0 Å². The molecule has 2 aromatic heterocycles. The molecule has 3 aromatic rings. The van der Waals surface area contributed by atoms with Crippen LogP contribution in [0.1, 0.15) is 32.7 Å². The number of aryl methyl sites for hydroxylation is 2. The maximum Gasteiger partial charge on any atom is 0.251 e. The fourth-order valence-corrected chi connectivity index (χ4v) is 4.77. The number of morpholine rings is 1. The van der Waals surface area contributed by atoms with Crippen molar-refractivity contribution in [1.29, 1.82) is 0 Å². The van der Waals surface area contributed by atoms with Crippen molar-refractivity contribution in [1.82, 2.24) is 14.8 Å². The van der Waals surface area contributed by atoms with Crippen LogP contribution in [-0.2, 0) is 4.74 Å². The van der Waals surface area contributed by atoms with Gasteiger partial charge in [0.15, 0.2) is 0 Å². The van der Waals surface area contributed by atoms with Crippen molar-refractivity contribution >= 4 is 17.2 Å². The molecule has 4 rings (SSSR count). The number of aromatic nitrogens is 1.